The zero-order chi connectivity index (χ0) is 28.9. The minimum atomic E-state index is -5.59. The summed E-state index contributed by atoms with van der Waals surface area (Å²) in [6, 6.07) is 41.6. The molecule has 0 aliphatic carbocycles. The van der Waals surface area contributed by atoms with Crippen LogP contribution in [0.15, 0.2) is 152 Å². The van der Waals surface area contributed by atoms with Gasteiger partial charge < -0.3 is 0 Å². The minimum absolute atomic E-state index is 0.0388. The molecule has 0 spiro atoms. The second-order valence-corrected chi connectivity index (χ2v) is 20.0. The molecule has 0 aromatic heterocycles. The van der Waals surface area contributed by atoms with Crippen molar-refractivity contribution in [3.8, 4) is 0 Å². The van der Waals surface area contributed by atoms with Crippen molar-refractivity contribution in [2.45, 2.75) is 0 Å². The van der Waals surface area contributed by atoms with Crippen LogP contribution < -0.4 is 26.5 Å². The quantitative estimate of drug-likeness (QED) is 0.104. The first kappa shape index (κ1) is 29.6. The van der Waals surface area contributed by atoms with Gasteiger partial charge in [0.2, 0.25) is 0 Å². The summed E-state index contributed by atoms with van der Waals surface area (Å²) >= 11 is 0. The molecule has 0 N–H and O–H groups in total. The average molecular weight is 611 g/mol. The Balaban J connectivity index is 1.53. The molecule has 5 aromatic rings. The van der Waals surface area contributed by atoms with Crippen molar-refractivity contribution >= 4 is 48.9 Å². The Morgan fingerprint density at radius 2 is 0.610 bits per heavy atom. The predicted molar refractivity (Wildman–Crippen MR) is 175 cm³/mol. The Kier molecular flexibility index (Phi) is 8.50. The van der Waals surface area contributed by atoms with Gasteiger partial charge in [0.15, 0.2) is 0 Å². The van der Waals surface area contributed by atoms with Crippen LogP contribution in [0.25, 0.3) is 0 Å². The monoisotopic (exact) mass is 610 g/mol. The molecule has 0 radical (unpaired) electrons. The zero-order valence-corrected chi connectivity index (χ0v) is 25.3. The Morgan fingerprint density at radius 1 is 0.366 bits per heavy atom. The number of halogens is 4. The number of rotatable bonds is 11. The first-order chi connectivity index (χ1) is 19.7. The van der Waals surface area contributed by atoms with E-state index >= 15 is 16.8 Å². The van der Waals surface area contributed by atoms with Gasteiger partial charge in [-0.1, -0.05) is 0 Å². The fourth-order valence-electron chi connectivity index (χ4n) is 5.30. The third kappa shape index (κ3) is 6.03. The van der Waals surface area contributed by atoms with Crippen LogP contribution in [0.5, 0.6) is 0 Å². The normalized spacial score (nSPS) is 14.7. The summed E-state index contributed by atoms with van der Waals surface area (Å²) in [7, 11) is -12.5. The van der Waals surface area contributed by atoms with Crippen molar-refractivity contribution in [1.82, 2.24) is 0 Å². The van der Waals surface area contributed by atoms with E-state index in [1.165, 1.54) is 48.5 Å². The molecule has 0 fully saturated rings. The molecule has 0 amide bonds. The molecule has 0 atom stereocenters. The van der Waals surface area contributed by atoms with Crippen molar-refractivity contribution < 1.29 is 16.8 Å². The maximum absolute atomic E-state index is 17.2. The second kappa shape index (κ2) is 11.8. The third-order valence-corrected chi connectivity index (χ3v) is 18.2. The van der Waals surface area contributed by atoms with E-state index in [0.29, 0.717) is 0 Å². The zero-order valence-electron chi connectivity index (χ0n) is 22.6. The Bertz CT molecular complexity index is 1360. The molecule has 0 aliphatic heterocycles. The van der Waals surface area contributed by atoms with Crippen LogP contribution >= 0.6 is 22.4 Å². The van der Waals surface area contributed by atoms with Crippen LogP contribution in [-0.2, 0) is 0 Å². The molecule has 0 bridgehead atoms. The standard InChI is InChI=1S/C34H33F4P3/c35-40(36,31-18-8-2-9-19-31,32-20-10-3-11-21-32)28-26-39(30-16-6-1-7-17-30)27-29-41(37,38,33-22-12-4-13-23-33)34-24-14-5-15-25-34/h1-25H,26-29H2. The average Bonchev–Trinajstić information content (AvgIpc) is 3.03. The van der Waals surface area contributed by atoms with Gasteiger partial charge in [0.1, 0.15) is 0 Å². The summed E-state index contributed by atoms with van der Waals surface area (Å²) in [6.07, 6.45) is -0.398. The van der Waals surface area contributed by atoms with E-state index in [4.69, 9.17) is 0 Å². The van der Waals surface area contributed by atoms with Gasteiger partial charge in [-0.3, -0.25) is 0 Å². The molecule has 0 aliphatic rings. The molecule has 7 heteroatoms. The van der Waals surface area contributed by atoms with Crippen molar-refractivity contribution in [1.29, 1.82) is 0 Å². The van der Waals surface area contributed by atoms with Crippen molar-refractivity contribution in [3.05, 3.63) is 152 Å². The molecule has 5 rings (SSSR count). The molecule has 0 heterocycles. The number of hydrogen-bond acceptors (Lipinski definition) is 0. The van der Waals surface area contributed by atoms with Crippen LogP contribution in [0, 0.1) is 0 Å². The van der Waals surface area contributed by atoms with Gasteiger partial charge in [-0.2, -0.15) is 0 Å². The molecule has 0 nitrogen and oxygen atoms in total. The second-order valence-electron chi connectivity index (χ2n) is 10.3. The number of benzene rings is 5. The van der Waals surface area contributed by atoms with E-state index in [0.717, 1.165) is 5.30 Å². The van der Waals surface area contributed by atoms with Crippen LogP contribution in [0.4, 0.5) is 16.8 Å². The van der Waals surface area contributed by atoms with Crippen LogP contribution in [0.3, 0.4) is 0 Å². The maximum atomic E-state index is 17.2. The Morgan fingerprint density at radius 3 is 0.878 bits per heavy atom. The molecule has 212 valence electrons. The van der Waals surface area contributed by atoms with Crippen LogP contribution in [0.1, 0.15) is 0 Å². The fourth-order valence-corrected chi connectivity index (χ4v) is 16.0. The van der Waals surface area contributed by atoms with E-state index in [-0.39, 0.29) is 45.9 Å². The molecule has 5 aromatic carbocycles. The third-order valence-electron chi connectivity index (χ3n) is 7.70. The molecular weight excluding hydrogens is 577 g/mol. The number of hydrogen-bond donors (Lipinski definition) is 0. The van der Waals surface area contributed by atoms with Gasteiger partial charge in [0, 0.05) is 0 Å². The molecule has 0 saturated carbocycles. The van der Waals surface area contributed by atoms with Gasteiger partial charge in [0.05, 0.1) is 0 Å². The molecular formula is C34H33F4P3. The summed E-state index contributed by atoms with van der Waals surface area (Å²) < 4.78 is 68.9. The van der Waals surface area contributed by atoms with E-state index < -0.39 is 22.4 Å². The summed E-state index contributed by atoms with van der Waals surface area (Å²) in [6.45, 7) is 0. The van der Waals surface area contributed by atoms with Crippen molar-refractivity contribution in [3.63, 3.8) is 0 Å². The van der Waals surface area contributed by atoms with E-state index in [9.17, 15) is 0 Å². The topological polar surface area (TPSA) is 0 Å². The summed E-state index contributed by atoms with van der Waals surface area (Å²) in [5.74, 6) is 0. The predicted octanol–water partition coefficient (Wildman–Crippen LogP) is 8.74. The Labute approximate surface area is 241 Å². The van der Waals surface area contributed by atoms with Crippen molar-refractivity contribution in [2.75, 3.05) is 24.6 Å². The van der Waals surface area contributed by atoms with Crippen molar-refractivity contribution in [2.24, 2.45) is 0 Å². The van der Waals surface area contributed by atoms with Crippen LogP contribution in [0.2, 0.25) is 0 Å². The molecule has 41 heavy (non-hydrogen) atoms. The van der Waals surface area contributed by atoms with Gasteiger partial charge >= 0.3 is 242 Å². The Hall–Kier alpha value is -2.89. The van der Waals surface area contributed by atoms with Gasteiger partial charge in [0.25, 0.3) is 0 Å². The summed E-state index contributed by atoms with van der Waals surface area (Å²) in [5, 5.41) is 1.03. The SMILES string of the molecule is FP(F)(CCP(CCP(F)(F)(c1ccccc1)c1ccccc1)c1ccccc1)(c1ccccc1)c1ccccc1. The van der Waals surface area contributed by atoms with Crippen LogP contribution in [-0.4, -0.2) is 24.6 Å². The fraction of sp³-hybridized carbons (Fsp3) is 0.118. The molecule has 0 unspecified atom stereocenters. The first-order valence-electron chi connectivity index (χ1n) is 13.6. The first-order valence-corrected chi connectivity index (χ1v) is 19.7. The summed E-state index contributed by atoms with van der Waals surface area (Å²) in [5.41, 5.74) is 0. The van der Waals surface area contributed by atoms with E-state index in [2.05, 4.69) is 0 Å². The van der Waals surface area contributed by atoms with E-state index in [1.54, 1.807) is 72.8 Å². The van der Waals surface area contributed by atoms with Gasteiger partial charge in [-0.15, -0.1) is 0 Å². The van der Waals surface area contributed by atoms with E-state index in [1.807, 2.05) is 30.3 Å². The van der Waals surface area contributed by atoms with Gasteiger partial charge in [-0.25, -0.2) is 0 Å². The summed E-state index contributed by atoms with van der Waals surface area (Å²) in [4.78, 5) is 0. The van der Waals surface area contributed by atoms with Gasteiger partial charge in [-0.05, 0) is 0 Å². The molecule has 0 saturated heterocycles.